The number of amides is 1. The summed E-state index contributed by atoms with van der Waals surface area (Å²) >= 11 is 1.44. The maximum absolute atomic E-state index is 13.1. The quantitative estimate of drug-likeness (QED) is 0.914. The molecular formula is C14H13F2N3OS. The molecule has 0 unspecified atom stereocenters. The molecule has 0 spiro atoms. The Morgan fingerprint density at radius 3 is 3.00 bits per heavy atom. The van der Waals surface area contributed by atoms with Crippen molar-refractivity contribution in [3.63, 3.8) is 0 Å². The molecular weight excluding hydrogens is 296 g/mol. The van der Waals surface area contributed by atoms with Crippen molar-refractivity contribution in [3.05, 3.63) is 46.0 Å². The van der Waals surface area contributed by atoms with Crippen LogP contribution in [0.1, 0.15) is 16.1 Å². The minimum Gasteiger partial charge on any atom is -0.311 e. The Kier molecular flexibility index (Phi) is 3.94. The number of fused-ring (bicyclic) bond motifs is 1. The number of rotatable bonds is 3. The SMILES string of the molecule is O=C(Cc1ccc(F)c(F)c1)Nc1nc2c(s1)CNCC2. The highest BCUT2D eigenvalue weighted by Gasteiger charge is 2.16. The summed E-state index contributed by atoms with van der Waals surface area (Å²) in [4.78, 5) is 17.4. The Balaban J connectivity index is 1.66. The summed E-state index contributed by atoms with van der Waals surface area (Å²) in [6.45, 7) is 1.66. The van der Waals surface area contributed by atoms with E-state index in [1.165, 1.54) is 17.4 Å². The van der Waals surface area contributed by atoms with Gasteiger partial charge in [0.1, 0.15) is 0 Å². The first-order chi connectivity index (χ1) is 10.1. The van der Waals surface area contributed by atoms with E-state index in [4.69, 9.17) is 0 Å². The summed E-state index contributed by atoms with van der Waals surface area (Å²) in [7, 11) is 0. The smallest absolute Gasteiger partial charge is 0.230 e. The summed E-state index contributed by atoms with van der Waals surface area (Å²) < 4.78 is 25.9. The minimum absolute atomic E-state index is 0.0142. The molecule has 0 radical (unpaired) electrons. The lowest BCUT2D eigenvalue weighted by Gasteiger charge is -2.09. The molecule has 0 bridgehead atoms. The van der Waals surface area contributed by atoms with Gasteiger partial charge < -0.3 is 10.6 Å². The van der Waals surface area contributed by atoms with E-state index in [0.717, 1.165) is 42.2 Å². The van der Waals surface area contributed by atoms with Gasteiger partial charge in [-0.3, -0.25) is 4.79 Å². The molecule has 0 saturated heterocycles. The van der Waals surface area contributed by atoms with Gasteiger partial charge in [-0.1, -0.05) is 6.07 Å². The van der Waals surface area contributed by atoms with Crippen molar-refractivity contribution >= 4 is 22.4 Å². The largest absolute Gasteiger partial charge is 0.311 e. The molecule has 3 rings (SSSR count). The van der Waals surface area contributed by atoms with Crippen molar-refractivity contribution in [2.75, 3.05) is 11.9 Å². The number of nitrogens with one attached hydrogen (secondary N) is 2. The number of nitrogens with zero attached hydrogens (tertiary/aromatic N) is 1. The van der Waals surface area contributed by atoms with Crippen LogP contribution in [0.4, 0.5) is 13.9 Å². The van der Waals surface area contributed by atoms with E-state index in [-0.39, 0.29) is 12.3 Å². The van der Waals surface area contributed by atoms with Crippen LogP contribution < -0.4 is 10.6 Å². The molecule has 110 valence electrons. The average Bonchev–Trinajstić information content (AvgIpc) is 2.84. The maximum Gasteiger partial charge on any atom is 0.230 e. The van der Waals surface area contributed by atoms with Crippen LogP contribution in [0.5, 0.6) is 0 Å². The summed E-state index contributed by atoms with van der Waals surface area (Å²) in [5, 5.41) is 6.50. The number of hydrogen-bond donors (Lipinski definition) is 2. The topological polar surface area (TPSA) is 54.0 Å². The van der Waals surface area contributed by atoms with E-state index in [9.17, 15) is 13.6 Å². The summed E-state index contributed by atoms with van der Waals surface area (Å²) in [5.41, 5.74) is 1.44. The molecule has 1 aliphatic heterocycles. The third kappa shape index (κ3) is 3.25. The van der Waals surface area contributed by atoms with Crippen LogP contribution in [0.3, 0.4) is 0 Å². The van der Waals surface area contributed by atoms with Gasteiger partial charge in [0, 0.05) is 24.4 Å². The minimum atomic E-state index is -0.948. The van der Waals surface area contributed by atoms with Gasteiger partial charge in [0.05, 0.1) is 12.1 Å². The number of carbonyl (C=O) groups excluding carboxylic acids is 1. The van der Waals surface area contributed by atoms with Crippen LogP contribution in [0.25, 0.3) is 0 Å². The molecule has 4 nitrogen and oxygen atoms in total. The van der Waals surface area contributed by atoms with E-state index in [2.05, 4.69) is 15.6 Å². The second kappa shape index (κ2) is 5.87. The van der Waals surface area contributed by atoms with Gasteiger partial charge in [-0.15, -0.1) is 11.3 Å². The standard InChI is InChI=1S/C14H13F2N3OS/c15-9-2-1-8(5-10(9)16)6-13(20)19-14-18-11-3-4-17-7-12(11)21-14/h1-2,5,17H,3-4,6-7H2,(H,18,19,20). The van der Waals surface area contributed by atoms with Crippen LogP contribution in [0.15, 0.2) is 18.2 Å². The van der Waals surface area contributed by atoms with Gasteiger partial charge in [-0.2, -0.15) is 0 Å². The number of halogens is 2. The van der Waals surface area contributed by atoms with Crippen molar-refractivity contribution in [1.29, 1.82) is 0 Å². The Hall–Kier alpha value is -1.86. The van der Waals surface area contributed by atoms with Crippen LogP contribution in [-0.4, -0.2) is 17.4 Å². The third-order valence-electron chi connectivity index (χ3n) is 3.20. The molecule has 1 amide bonds. The van der Waals surface area contributed by atoms with Crippen LogP contribution in [0, 0.1) is 11.6 Å². The summed E-state index contributed by atoms with van der Waals surface area (Å²) in [5.74, 6) is -2.16. The van der Waals surface area contributed by atoms with Crippen molar-refractivity contribution in [2.24, 2.45) is 0 Å². The zero-order valence-electron chi connectivity index (χ0n) is 11.1. The lowest BCUT2D eigenvalue weighted by atomic mass is 10.1. The van der Waals surface area contributed by atoms with Crippen molar-refractivity contribution in [3.8, 4) is 0 Å². The van der Waals surface area contributed by atoms with Gasteiger partial charge in [0.25, 0.3) is 0 Å². The van der Waals surface area contributed by atoms with Crippen molar-refractivity contribution in [1.82, 2.24) is 10.3 Å². The van der Waals surface area contributed by atoms with Gasteiger partial charge in [0.2, 0.25) is 5.91 Å². The molecule has 2 heterocycles. The van der Waals surface area contributed by atoms with E-state index < -0.39 is 11.6 Å². The maximum atomic E-state index is 13.1. The summed E-state index contributed by atoms with van der Waals surface area (Å²) in [6, 6.07) is 3.45. The van der Waals surface area contributed by atoms with Gasteiger partial charge >= 0.3 is 0 Å². The second-order valence-corrected chi connectivity index (χ2v) is 5.87. The molecule has 0 fully saturated rings. The fourth-order valence-electron chi connectivity index (χ4n) is 2.18. The molecule has 1 aromatic heterocycles. The number of benzene rings is 1. The first kappa shape index (κ1) is 14.1. The number of thiazole rings is 1. The molecule has 21 heavy (non-hydrogen) atoms. The lowest BCUT2D eigenvalue weighted by molar-refractivity contribution is -0.115. The lowest BCUT2D eigenvalue weighted by Crippen LogP contribution is -2.22. The average molecular weight is 309 g/mol. The van der Waals surface area contributed by atoms with E-state index in [1.807, 2.05) is 0 Å². The van der Waals surface area contributed by atoms with E-state index >= 15 is 0 Å². The van der Waals surface area contributed by atoms with Gasteiger partial charge in [0.15, 0.2) is 16.8 Å². The predicted molar refractivity (Wildman–Crippen MR) is 76.2 cm³/mol. The fraction of sp³-hybridized carbons (Fsp3) is 0.286. The monoisotopic (exact) mass is 309 g/mol. The molecule has 0 saturated carbocycles. The van der Waals surface area contributed by atoms with Crippen molar-refractivity contribution in [2.45, 2.75) is 19.4 Å². The highest BCUT2D eigenvalue weighted by molar-refractivity contribution is 7.15. The normalized spacial score (nSPS) is 13.8. The molecule has 0 aliphatic carbocycles. The van der Waals surface area contributed by atoms with Crippen LogP contribution in [0.2, 0.25) is 0 Å². The molecule has 0 atom stereocenters. The number of hydrogen-bond acceptors (Lipinski definition) is 4. The molecule has 1 aliphatic rings. The fourth-order valence-corrected chi connectivity index (χ4v) is 3.17. The Labute approximate surface area is 124 Å². The zero-order valence-corrected chi connectivity index (χ0v) is 11.9. The Morgan fingerprint density at radius 2 is 2.24 bits per heavy atom. The zero-order chi connectivity index (χ0) is 14.8. The second-order valence-electron chi connectivity index (χ2n) is 4.79. The molecule has 2 N–H and O–H groups in total. The number of carbonyl (C=O) groups is 1. The highest BCUT2D eigenvalue weighted by Crippen LogP contribution is 2.25. The predicted octanol–water partition coefficient (Wildman–Crippen LogP) is 2.25. The van der Waals surface area contributed by atoms with Gasteiger partial charge in [-0.05, 0) is 17.7 Å². The summed E-state index contributed by atoms with van der Waals surface area (Å²) in [6.07, 6.45) is 0.838. The number of aromatic nitrogens is 1. The Bertz CT molecular complexity index is 663. The molecule has 2 aromatic rings. The van der Waals surface area contributed by atoms with E-state index in [0.29, 0.717) is 10.7 Å². The highest BCUT2D eigenvalue weighted by atomic mass is 32.1. The number of anilines is 1. The van der Waals surface area contributed by atoms with E-state index in [1.54, 1.807) is 0 Å². The first-order valence-corrected chi connectivity index (χ1v) is 7.36. The van der Waals surface area contributed by atoms with Gasteiger partial charge in [-0.25, -0.2) is 13.8 Å². The van der Waals surface area contributed by atoms with Crippen molar-refractivity contribution < 1.29 is 13.6 Å². The Morgan fingerprint density at radius 1 is 1.38 bits per heavy atom. The van der Waals surface area contributed by atoms with Crippen LogP contribution in [-0.2, 0) is 24.2 Å². The molecule has 7 heteroatoms. The molecule has 1 aromatic carbocycles. The first-order valence-electron chi connectivity index (χ1n) is 6.55. The third-order valence-corrected chi connectivity index (χ3v) is 4.21. The van der Waals surface area contributed by atoms with Crippen LogP contribution >= 0.6 is 11.3 Å².